The van der Waals surface area contributed by atoms with Crippen LogP contribution in [0.3, 0.4) is 0 Å². The van der Waals surface area contributed by atoms with E-state index in [4.69, 9.17) is 0 Å². The average molecular weight is 525 g/mol. The van der Waals surface area contributed by atoms with Crippen LogP contribution in [0.15, 0.2) is 70.5 Å². The highest BCUT2D eigenvalue weighted by atomic mass is 33.1. The normalized spacial score (nSPS) is 10.8. The van der Waals surface area contributed by atoms with Crippen LogP contribution in [0.25, 0.3) is 0 Å². The number of carbonyl (C=O) groups excluding carboxylic acids is 2. The average Bonchev–Trinajstić information content (AvgIpc) is 3.27. The molecule has 0 aliphatic carbocycles. The molecule has 0 spiro atoms. The van der Waals surface area contributed by atoms with Gasteiger partial charge in [0.1, 0.15) is 10.0 Å². The molecule has 0 atom stereocenters. The van der Waals surface area contributed by atoms with Crippen molar-refractivity contribution in [2.24, 2.45) is 0 Å². The lowest BCUT2D eigenvalue weighted by atomic mass is 10.2. The van der Waals surface area contributed by atoms with E-state index < -0.39 is 0 Å². The lowest BCUT2D eigenvalue weighted by Gasteiger charge is -2.09. The quantitative estimate of drug-likeness (QED) is 0.239. The van der Waals surface area contributed by atoms with Crippen LogP contribution < -0.4 is 10.6 Å². The zero-order valence-electron chi connectivity index (χ0n) is 19.2. The summed E-state index contributed by atoms with van der Waals surface area (Å²) in [5.41, 5.74) is 3.57. The van der Waals surface area contributed by atoms with E-state index >= 15 is 0 Å². The van der Waals surface area contributed by atoms with Crippen molar-refractivity contribution in [1.29, 1.82) is 0 Å². The van der Waals surface area contributed by atoms with Crippen LogP contribution in [-0.2, 0) is 0 Å². The molecule has 0 saturated heterocycles. The molecule has 2 aromatic heterocycles. The molecule has 2 heterocycles. The van der Waals surface area contributed by atoms with Crippen LogP contribution in [0.5, 0.6) is 0 Å². The van der Waals surface area contributed by atoms with Gasteiger partial charge in [0.25, 0.3) is 11.8 Å². The Labute approximate surface area is 215 Å². The number of nitrogens with one attached hydrogen (secondary N) is 2. The summed E-state index contributed by atoms with van der Waals surface area (Å²) < 4.78 is 0. The van der Waals surface area contributed by atoms with Crippen molar-refractivity contribution in [3.05, 3.63) is 92.7 Å². The minimum Gasteiger partial charge on any atom is -0.313 e. The number of aryl methyl sites for hydroxylation is 2. The summed E-state index contributed by atoms with van der Waals surface area (Å²) in [6.45, 7) is 8.30. The van der Waals surface area contributed by atoms with Gasteiger partial charge in [-0.3, -0.25) is 9.59 Å². The summed E-state index contributed by atoms with van der Waals surface area (Å²) in [5, 5.41) is 7.88. The number of benzene rings is 2. The number of thiophene rings is 2. The smallest absolute Gasteiger partial charge is 0.256 e. The van der Waals surface area contributed by atoms with Gasteiger partial charge >= 0.3 is 0 Å². The Balaban J connectivity index is 1.55. The molecule has 174 valence electrons. The van der Waals surface area contributed by atoms with Gasteiger partial charge in [0.05, 0.1) is 9.79 Å². The molecule has 0 unspecified atom stereocenters. The van der Waals surface area contributed by atoms with Gasteiger partial charge < -0.3 is 10.6 Å². The summed E-state index contributed by atoms with van der Waals surface area (Å²) in [7, 11) is 3.23. The zero-order chi connectivity index (χ0) is 24.2. The number of rotatable bonds is 7. The Morgan fingerprint density at radius 2 is 0.971 bits per heavy atom. The highest BCUT2D eigenvalue weighted by Gasteiger charge is 2.21. The Kier molecular flexibility index (Phi) is 7.83. The fourth-order valence-electron chi connectivity index (χ4n) is 3.19. The number of anilines is 2. The molecule has 0 aliphatic rings. The summed E-state index contributed by atoms with van der Waals surface area (Å²) >= 11 is 3.17. The van der Waals surface area contributed by atoms with Gasteiger partial charge in [-0.05, 0) is 84.7 Å². The first kappa shape index (κ1) is 24.6. The molecule has 4 aromatic rings. The van der Waals surface area contributed by atoms with Gasteiger partial charge in [-0.2, -0.15) is 0 Å². The maximum absolute atomic E-state index is 12.8. The van der Waals surface area contributed by atoms with E-state index in [1.165, 1.54) is 9.75 Å². The topological polar surface area (TPSA) is 58.2 Å². The molecule has 2 N–H and O–H groups in total. The molecule has 4 nitrogen and oxygen atoms in total. The molecule has 4 rings (SSSR count). The van der Waals surface area contributed by atoms with Crippen LogP contribution in [0.4, 0.5) is 10.0 Å². The van der Waals surface area contributed by atoms with Crippen molar-refractivity contribution in [1.82, 2.24) is 0 Å². The number of carbonyl (C=O) groups is 2. The Bertz CT molecular complexity index is 1220. The van der Waals surface area contributed by atoms with Crippen LogP contribution in [0, 0.1) is 27.7 Å². The van der Waals surface area contributed by atoms with Gasteiger partial charge in [0.15, 0.2) is 0 Å². The van der Waals surface area contributed by atoms with Gasteiger partial charge in [-0.25, -0.2) is 0 Å². The first-order valence-electron chi connectivity index (χ1n) is 10.6. The van der Waals surface area contributed by atoms with Gasteiger partial charge in [0.2, 0.25) is 0 Å². The molecular formula is C26H24N2O2S4. The first-order valence-corrected chi connectivity index (χ1v) is 14.4. The Hall–Kier alpha value is -2.52. The van der Waals surface area contributed by atoms with Crippen LogP contribution in [0.2, 0.25) is 0 Å². The second kappa shape index (κ2) is 10.8. The summed E-state index contributed by atoms with van der Waals surface area (Å²) in [4.78, 5) is 29.9. The Morgan fingerprint density at radius 1 is 0.618 bits per heavy atom. The van der Waals surface area contributed by atoms with Crippen molar-refractivity contribution < 1.29 is 9.59 Å². The highest BCUT2D eigenvalue weighted by Crippen LogP contribution is 2.51. The van der Waals surface area contributed by atoms with Crippen molar-refractivity contribution in [3.63, 3.8) is 0 Å². The van der Waals surface area contributed by atoms with Crippen molar-refractivity contribution in [2.75, 3.05) is 10.6 Å². The Morgan fingerprint density at radius 3 is 1.32 bits per heavy atom. The van der Waals surface area contributed by atoms with Gasteiger partial charge in [-0.15, -0.1) is 22.7 Å². The minimum atomic E-state index is -0.118. The predicted molar refractivity (Wildman–Crippen MR) is 148 cm³/mol. The van der Waals surface area contributed by atoms with E-state index in [1.54, 1.807) is 44.3 Å². The summed E-state index contributed by atoms with van der Waals surface area (Å²) in [6, 6.07) is 18.5. The lowest BCUT2D eigenvalue weighted by Crippen LogP contribution is -2.11. The molecule has 8 heteroatoms. The molecule has 0 fully saturated rings. The second-order valence-electron chi connectivity index (χ2n) is 7.69. The minimum absolute atomic E-state index is 0.118. The molecule has 0 radical (unpaired) electrons. The largest absolute Gasteiger partial charge is 0.313 e. The fraction of sp³-hybridized carbons (Fsp3) is 0.154. The van der Waals surface area contributed by atoms with E-state index in [0.717, 1.165) is 30.9 Å². The predicted octanol–water partition coefficient (Wildman–Crippen LogP) is 8.35. The summed E-state index contributed by atoms with van der Waals surface area (Å²) in [6.07, 6.45) is 0. The molecule has 0 aliphatic heterocycles. The molecular weight excluding hydrogens is 501 g/mol. The summed E-state index contributed by atoms with van der Waals surface area (Å²) in [5.74, 6) is -0.237. The molecule has 34 heavy (non-hydrogen) atoms. The third-order valence-electron chi connectivity index (χ3n) is 5.39. The van der Waals surface area contributed by atoms with Gasteiger partial charge in [-0.1, -0.05) is 36.4 Å². The monoisotopic (exact) mass is 524 g/mol. The second-order valence-corrected chi connectivity index (χ2v) is 12.3. The number of hydrogen-bond donors (Lipinski definition) is 2. The fourth-order valence-corrected chi connectivity index (χ4v) is 8.76. The van der Waals surface area contributed by atoms with Crippen molar-refractivity contribution >= 4 is 66.1 Å². The van der Waals surface area contributed by atoms with Gasteiger partial charge in [0, 0.05) is 20.9 Å². The van der Waals surface area contributed by atoms with E-state index in [9.17, 15) is 9.59 Å². The van der Waals surface area contributed by atoms with E-state index in [0.29, 0.717) is 11.1 Å². The maximum atomic E-state index is 12.8. The zero-order valence-corrected chi connectivity index (χ0v) is 22.5. The highest BCUT2D eigenvalue weighted by molar-refractivity contribution is 8.76. The third-order valence-corrected chi connectivity index (χ3v) is 10.6. The van der Waals surface area contributed by atoms with E-state index in [1.807, 2.05) is 60.7 Å². The number of hydrogen-bond acceptors (Lipinski definition) is 6. The van der Waals surface area contributed by atoms with Crippen molar-refractivity contribution in [3.8, 4) is 0 Å². The third kappa shape index (κ3) is 5.41. The van der Waals surface area contributed by atoms with Crippen LogP contribution >= 0.6 is 44.3 Å². The molecule has 2 aromatic carbocycles. The number of amides is 2. The first-order chi connectivity index (χ1) is 16.3. The maximum Gasteiger partial charge on any atom is 0.256 e. The molecule has 0 saturated carbocycles. The standard InChI is InChI=1S/C26H24N2O2S4/c1-15-17(3)31-25(27-23(29)19-11-7-5-8-12-19)21(15)33-34-22-16(2)18(4)32-26(22)28-24(30)20-13-9-6-10-14-20/h5-14H,1-4H3,(H,27,29)(H,28,30). The lowest BCUT2D eigenvalue weighted by molar-refractivity contribution is 0.101. The van der Waals surface area contributed by atoms with Crippen molar-refractivity contribution in [2.45, 2.75) is 37.5 Å². The molecule has 2 amide bonds. The van der Waals surface area contributed by atoms with E-state index in [2.05, 4.69) is 38.3 Å². The SMILES string of the molecule is Cc1sc(NC(=O)c2ccccc2)c(SSc2c(NC(=O)c3ccccc3)sc(C)c2C)c1C. The van der Waals surface area contributed by atoms with Crippen LogP contribution in [0.1, 0.15) is 41.6 Å². The molecule has 0 bridgehead atoms. The van der Waals surface area contributed by atoms with Crippen LogP contribution in [-0.4, -0.2) is 11.8 Å². The van der Waals surface area contributed by atoms with E-state index in [-0.39, 0.29) is 11.8 Å².